The van der Waals surface area contributed by atoms with Gasteiger partial charge in [0.05, 0.1) is 24.2 Å². The van der Waals surface area contributed by atoms with E-state index in [9.17, 15) is 13.2 Å². The minimum absolute atomic E-state index is 0. The molecule has 3 heterocycles. The summed E-state index contributed by atoms with van der Waals surface area (Å²) in [6.45, 7) is 6.57. The molecule has 2 aromatic heterocycles. The first-order valence-electron chi connectivity index (χ1n) is 10.7. The van der Waals surface area contributed by atoms with Gasteiger partial charge in [0.1, 0.15) is 18.5 Å². The van der Waals surface area contributed by atoms with Crippen LogP contribution in [-0.4, -0.2) is 53.4 Å². The van der Waals surface area contributed by atoms with Crippen molar-refractivity contribution in [3.63, 3.8) is 0 Å². The molecule has 4 rings (SSSR count). The molecule has 1 fully saturated rings. The van der Waals surface area contributed by atoms with Gasteiger partial charge in [0.2, 0.25) is 5.88 Å². The maximum absolute atomic E-state index is 12.8. The minimum atomic E-state index is -4.77. The van der Waals surface area contributed by atoms with Crippen LogP contribution in [-0.2, 0) is 11.3 Å². The molecule has 1 saturated heterocycles. The highest BCUT2D eigenvalue weighted by Gasteiger charge is 2.32. The van der Waals surface area contributed by atoms with E-state index in [2.05, 4.69) is 25.5 Å². The van der Waals surface area contributed by atoms with E-state index in [1.165, 1.54) is 12.1 Å². The predicted molar refractivity (Wildman–Crippen MR) is 123 cm³/mol. The summed E-state index contributed by atoms with van der Waals surface area (Å²) in [5.41, 5.74) is 2.37. The predicted octanol–water partition coefficient (Wildman–Crippen LogP) is 4.15. The number of para-hydroxylation sites is 1. The molecule has 1 aliphatic heterocycles. The van der Waals surface area contributed by atoms with Gasteiger partial charge in [-0.1, -0.05) is 32.0 Å². The van der Waals surface area contributed by atoms with Gasteiger partial charge in [0.25, 0.3) is 0 Å². The molecule has 12 heteroatoms. The molecule has 8 nitrogen and oxygen atoms in total. The molecule has 0 aliphatic carbocycles. The number of halogens is 4. The quantitative estimate of drug-likeness (QED) is 0.480. The molecule has 34 heavy (non-hydrogen) atoms. The molecular weight excluding hydrogens is 475 g/mol. The van der Waals surface area contributed by atoms with E-state index in [4.69, 9.17) is 9.47 Å². The van der Waals surface area contributed by atoms with Crippen LogP contribution in [0.15, 0.2) is 36.5 Å². The SMILES string of the molecule is CC(C)c1cnc2c(NCc3ccccc3OC(F)(F)F)cc(OC[C@H]3CNCCO3)nn12.Cl. The summed E-state index contributed by atoms with van der Waals surface area (Å²) in [5, 5.41) is 11.0. The summed E-state index contributed by atoms with van der Waals surface area (Å²) >= 11 is 0. The largest absolute Gasteiger partial charge is 0.573 e. The number of nitrogens with zero attached hydrogens (tertiary/aromatic N) is 3. The Morgan fingerprint density at radius 3 is 2.79 bits per heavy atom. The van der Waals surface area contributed by atoms with Crippen molar-refractivity contribution in [2.45, 2.75) is 38.8 Å². The van der Waals surface area contributed by atoms with E-state index in [1.54, 1.807) is 28.9 Å². The third kappa shape index (κ3) is 6.43. The van der Waals surface area contributed by atoms with Crippen LogP contribution in [0.25, 0.3) is 5.65 Å². The van der Waals surface area contributed by atoms with Crippen LogP contribution in [0.2, 0.25) is 0 Å². The number of fused-ring (bicyclic) bond motifs is 1. The number of nitrogens with one attached hydrogen (secondary N) is 2. The van der Waals surface area contributed by atoms with Gasteiger partial charge in [0.15, 0.2) is 5.65 Å². The van der Waals surface area contributed by atoms with Crippen molar-refractivity contribution in [1.29, 1.82) is 0 Å². The van der Waals surface area contributed by atoms with Gasteiger partial charge in [-0.3, -0.25) is 0 Å². The van der Waals surface area contributed by atoms with E-state index < -0.39 is 6.36 Å². The maximum Gasteiger partial charge on any atom is 0.573 e. The fraction of sp³-hybridized carbons (Fsp3) is 0.455. The lowest BCUT2D eigenvalue weighted by atomic mass is 10.1. The molecule has 1 aliphatic rings. The average molecular weight is 502 g/mol. The Kier molecular flexibility index (Phi) is 8.45. The molecule has 0 radical (unpaired) electrons. The number of ether oxygens (including phenoxy) is 3. The van der Waals surface area contributed by atoms with Gasteiger partial charge in [-0.25, -0.2) is 9.50 Å². The second-order valence-electron chi connectivity index (χ2n) is 7.99. The molecule has 2 N–H and O–H groups in total. The van der Waals surface area contributed by atoms with E-state index >= 15 is 0 Å². The minimum Gasteiger partial charge on any atom is -0.474 e. The van der Waals surface area contributed by atoms with E-state index in [0.29, 0.717) is 42.5 Å². The molecular formula is C22H27ClF3N5O3. The Balaban J connectivity index is 0.00000324. The van der Waals surface area contributed by atoms with Crippen molar-refractivity contribution < 1.29 is 27.4 Å². The number of aromatic nitrogens is 3. The van der Waals surface area contributed by atoms with Crippen LogP contribution < -0.4 is 20.1 Å². The van der Waals surface area contributed by atoms with Crippen LogP contribution >= 0.6 is 12.4 Å². The molecule has 1 atom stereocenters. The first kappa shape index (κ1) is 25.9. The van der Waals surface area contributed by atoms with Gasteiger partial charge < -0.3 is 24.8 Å². The second-order valence-corrected chi connectivity index (χ2v) is 7.99. The number of benzene rings is 1. The number of rotatable bonds is 8. The topological polar surface area (TPSA) is 81.9 Å². The van der Waals surface area contributed by atoms with Crippen molar-refractivity contribution in [1.82, 2.24) is 19.9 Å². The summed E-state index contributed by atoms with van der Waals surface area (Å²) in [6.07, 6.45) is -3.13. The second kappa shape index (κ2) is 11.1. The summed E-state index contributed by atoms with van der Waals surface area (Å²) in [5.74, 6) is 0.258. The Morgan fingerprint density at radius 1 is 1.29 bits per heavy atom. The van der Waals surface area contributed by atoms with Crippen molar-refractivity contribution in [2.24, 2.45) is 0 Å². The highest BCUT2D eigenvalue weighted by molar-refractivity contribution is 5.85. The van der Waals surface area contributed by atoms with Gasteiger partial charge in [0, 0.05) is 31.3 Å². The zero-order chi connectivity index (χ0) is 23.4. The molecule has 0 bridgehead atoms. The number of anilines is 1. The maximum atomic E-state index is 12.8. The smallest absolute Gasteiger partial charge is 0.474 e. The number of hydrogen-bond donors (Lipinski definition) is 2. The molecule has 1 aromatic carbocycles. The first-order chi connectivity index (χ1) is 15.8. The van der Waals surface area contributed by atoms with Gasteiger partial charge in [-0.05, 0) is 12.0 Å². The highest BCUT2D eigenvalue weighted by atomic mass is 35.5. The number of morpholine rings is 1. The van der Waals surface area contributed by atoms with Crippen molar-refractivity contribution >= 4 is 23.7 Å². The third-order valence-electron chi connectivity index (χ3n) is 5.15. The Labute approximate surface area is 201 Å². The highest BCUT2D eigenvalue weighted by Crippen LogP contribution is 2.29. The molecule has 0 amide bonds. The van der Waals surface area contributed by atoms with Gasteiger partial charge in [-0.15, -0.1) is 30.7 Å². The third-order valence-corrected chi connectivity index (χ3v) is 5.15. The fourth-order valence-electron chi connectivity index (χ4n) is 3.53. The number of hydrogen-bond acceptors (Lipinski definition) is 7. The Morgan fingerprint density at radius 2 is 2.09 bits per heavy atom. The molecule has 0 unspecified atom stereocenters. The lowest BCUT2D eigenvalue weighted by molar-refractivity contribution is -0.274. The van der Waals surface area contributed by atoms with Crippen LogP contribution in [0.5, 0.6) is 11.6 Å². The lowest BCUT2D eigenvalue weighted by Crippen LogP contribution is -2.41. The average Bonchev–Trinajstić information content (AvgIpc) is 3.21. The van der Waals surface area contributed by atoms with Crippen molar-refractivity contribution in [3.8, 4) is 11.6 Å². The Bertz CT molecular complexity index is 1090. The Hall–Kier alpha value is -2.76. The normalized spacial score (nSPS) is 16.4. The van der Waals surface area contributed by atoms with E-state index in [1.807, 2.05) is 13.8 Å². The van der Waals surface area contributed by atoms with Crippen LogP contribution in [0, 0.1) is 0 Å². The fourth-order valence-corrected chi connectivity index (χ4v) is 3.53. The van der Waals surface area contributed by atoms with Gasteiger partial charge >= 0.3 is 6.36 Å². The monoisotopic (exact) mass is 501 g/mol. The zero-order valence-electron chi connectivity index (χ0n) is 18.8. The molecule has 0 spiro atoms. The molecule has 0 saturated carbocycles. The van der Waals surface area contributed by atoms with Gasteiger partial charge in [-0.2, -0.15) is 0 Å². The number of alkyl halides is 3. The van der Waals surface area contributed by atoms with Crippen LogP contribution in [0.1, 0.15) is 31.0 Å². The van der Waals surface area contributed by atoms with E-state index in [0.717, 1.165) is 12.2 Å². The number of imidazole rings is 1. The van der Waals surface area contributed by atoms with E-state index in [-0.39, 0.29) is 36.7 Å². The molecule has 186 valence electrons. The van der Waals surface area contributed by atoms with Crippen molar-refractivity contribution in [2.75, 3.05) is 31.6 Å². The zero-order valence-corrected chi connectivity index (χ0v) is 19.6. The summed E-state index contributed by atoms with van der Waals surface area (Å²) in [6, 6.07) is 7.69. The lowest BCUT2D eigenvalue weighted by Gasteiger charge is -2.23. The summed E-state index contributed by atoms with van der Waals surface area (Å²) in [7, 11) is 0. The summed E-state index contributed by atoms with van der Waals surface area (Å²) in [4.78, 5) is 4.46. The van der Waals surface area contributed by atoms with Crippen molar-refractivity contribution in [3.05, 3.63) is 47.8 Å². The first-order valence-corrected chi connectivity index (χ1v) is 10.7. The van der Waals surface area contributed by atoms with Crippen LogP contribution in [0.4, 0.5) is 18.9 Å². The standard InChI is InChI=1S/C22H26F3N5O3.ClH/c1-14(2)18-12-28-21-17(27-10-15-5-3-4-6-19(15)33-22(23,24)25)9-20(29-30(18)21)32-13-16-11-26-7-8-31-16;/h3-6,9,12,14,16,26-27H,7-8,10-11,13H2,1-2H3;1H/t16-;/m1./s1. The van der Waals surface area contributed by atoms with Crippen LogP contribution in [0.3, 0.4) is 0 Å². The molecule has 3 aromatic rings. The summed E-state index contributed by atoms with van der Waals surface area (Å²) < 4.78 is 55.7.